The maximum Gasteiger partial charge on any atom is 0.231 e. The molecule has 0 aromatic carbocycles. The third-order valence-corrected chi connectivity index (χ3v) is 4.03. The molecule has 1 unspecified atom stereocenters. The van der Waals surface area contributed by atoms with Gasteiger partial charge in [-0.3, -0.25) is 9.48 Å². The van der Waals surface area contributed by atoms with Crippen molar-refractivity contribution in [2.24, 2.45) is 11.1 Å². The van der Waals surface area contributed by atoms with E-state index in [9.17, 15) is 4.79 Å². The van der Waals surface area contributed by atoms with Gasteiger partial charge in [0.05, 0.1) is 29.9 Å². The number of anilines is 1. The molecule has 1 atom stereocenters. The van der Waals surface area contributed by atoms with Gasteiger partial charge in [-0.1, -0.05) is 0 Å². The molecule has 19 heavy (non-hydrogen) atoms. The van der Waals surface area contributed by atoms with Crippen molar-refractivity contribution in [3.05, 3.63) is 12.4 Å². The van der Waals surface area contributed by atoms with Gasteiger partial charge in [-0.25, -0.2) is 0 Å². The van der Waals surface area contributed by atoms with Gasteiger partial charge < -0.3 is 15.8 Å². The van der Waals surface area contributed by atoms with E-state index in [1.807, 2.05) is 10.9 Å². The second kappa shape index (κ2) is 4.94. The van der Waals surface area contributed by atoms with Crippen molar-refractivity contribution >= 4 is 11.6 Å². The molecule has 6 nitrogen and oxygen atoms in total. The molecule has 1 aromatic rings. The second-order valence-corrected chi connectivity index (χ2v) is 5.52. The quantitative estimate of drug-likeness (QED) is 0.821. The van der Waals surface area contributed by atoms with Crippen LogP contribution in [0.3, 0.4) is 0 Å². The predicted molar refractivity (Wildman–Crippen MR) is 70.6 cm³/mol. The Morgan fingerprint density at radius 2 is 2.47 bits per heavy atom. The molecule has 0 spiro atoms. The number of hydrogen-bond donors (Lipinski definition) is 2. The highest BCUT2D eigenvalue weighted by Crippen LogP contribution is 2.45. The Morgan fingerprint density at radius 3 is 3.11 bits per heavy atom. The summed E-state index contributed by atoms with van der Waals surface area (Å²) in [4.78, 5) is 12.0. The van der Waals surface area contributed by atoms with Crippen LogP contribution in [0.5, 0.6) is 0 Å². The third kappa shape index (κ3) is 2.64. The van der Waals surface area contributed by atoms with Crippen LogP contribution in [-0.4, -0.2) is 34.9 Å². The van der Waals surface area contributed by atoms with Gasteiger partial charge in [0.15, 0.2) is 0 Å². The summed E-state index contributed by atoms with van der Waals surface area (Å²) >= 11 is 0. The molecular weight excluding hydrogens is 244 g/mol. The molecule has 2 aliphatic rings. The number of carbonyl (C=O) groups is 1. The zero-order chi connectivity index (χ0) is 13.3. The van der Waals surface area contributed by atoms with E-state index in [0.29, 0.717) is 6.54 Å². The molecule has 0 bridgehead atoms. The number of carbonyl (C=O) groups excluding carboxylic acids is 1. The molecular formula is C13H20N4O2. The number of nitrogens with one attached hydrogen (secondary N) is 1. The molecule has 3 N–H and O–H groups in total. The van der Waals surface area contributed by atoms with Crippen molar-refractivity contribution in [2.45, 2.75) is 38.3 Å². The Morgan fingerprint density at radius 1 is 1.63 bits per heavy atom. The lowest BCUT2D eigenvalue weighted by Gasteiger charge is -2.11. The van der Waals surface area contributed by atoms with Crippen LogP contribution in [0, 0.1) is 5.41 Å². The van der Waals surface area contributed by atoms with Crippen LogP contribution >= 0.6 is 0 Å². The highest BCUT2D eigenvalue weighted by atomic mass is 16.5. The molecule has 1 saturated heterocycles. The average molecular weight is 264 g/mol. The maximum atomic E-state index is 12.0. The standard InChI is InChI=1S/C13H20N4O2/c14-9-13(3-4-13)12(18)16-10-6-15-17(7-10)8-11-2-1-5-19-11/h6-7,11H,1-5,8-9,14H2,(H,16,18). The van der Waals surface area contributed by atoms with E-state index in [1.165, 1.54) is 0 Å². The zero-order valence-corrected chi connectivity index (χ0v) is 11.0. The van der Waals surface area contributed by atoms with E-state index in [1.54, 1.807) is 6.20 Å². The smallest absolute Gasteiger partial charge is 0.231 e. The summed E-state index contributed by atoms with van der Waals surface area (Å²) in [6, 6.07) is 0. The normalized spacial score (nSPS) is 24.4. The van der Waals surface area contributed by atoms with Crippen LogP contribution in [0.2, 0.25) is 0 Å². The lowest BCUT2D eigenvalue weighted by Crippen LogP contribution is -2.30. The fraction of sp³-hybridized carbons (Fsp3) is 0.692. The van der Waals surface area contributed by atoms with Gasteiger partial charge >= 0.3 is 0 Å². The first kappa shape index (κ1) is 12.6. The number of nitrogens with zero attached hydrogens (tertiary/aromatic N) is 2. The summed E-state index contributed by atoms with van der Waals surface area (Å²) < 4.78 is 7.39. The topological polar surface area (TPSA) is 82.2 Å². The monoisotopic (exact) mass is 264 g/mol. The zero-order valence-electron chi connectivity index (χ0n) is 11.0. The van der Waals surface area contributed by atoms with Crippen LogP contribution in [0.25, 0.3) is 0 Å². The van der Waals surface area contributed by atoms with Crippen molar-refractivity contribution in [3.63, 3.8) is 0 Å². The highest BCUT2D eigenvalue weighted by Gasteiger charge is 2.48. The number of nitrogens with two attached hydrogens (primary N) is 1. The van der Waals surface area contributed by atoms with E-state index in [0.717, 1.165) is 44.5 Å². The predicted octanol–water partition coefficient (Wildman–Crippen LogP) is 0.739. The molecule has 1 aliphatic heterocycles. The molecule has 0 radical (unpaired) electrons. The number of hydrogen-bond acceptors (Lipinski definition) is 4. The Labute approximate surface area is 112 Å². The Balaban J connectivity index is 1.57. The van der Waals surface area contributed by atoms with Crippen LogP contribution in [0.15, 0.2) is 12.4 Å². The lowest BCUT2D eigenvalue weighted by molar-refractivity contribution is -0.120. The minimum Gasteiger partial charge on any atom is -0.376 e. The summed E-state index contributed by atoms with van der Waals surface area (Å²) in [5.74, 6) is 0.0201. The molecule has 1 aromatic heterocycles. The van der Waals surface area contributed by atoms with E-state index in [2.05, 4.69) is 10.4 Å². The van der Waals surface area contributed by atoms with E-state index >= 15 is 0 Å². The number of amides is 1. The number of aromatic nitrogens is 2. The molecule has 1 aliphatic carbocycles. The van der Waals surface area contributed by atoms with Crippen LogP contribution in [0.4, 0.5) is 5.69 Å². The molecule has 104 valence electrons. The first-order valence-corrected chi connectivity index (χ1v) is 6.87. The summed E-state index contributed by atoms with van der Waals surface area (Å²) in [6.45, 7) is 2.01. The molecule has 6 heteroatoms. The van der Waals surface area contributed by atoms with Crippen LogP contribution in [-0.2, 0) is 16.1 Å². The lowest BCUT2D eigenvalue weighted by atomic mass is 10.1. The summed E-state index contributed by atoms with van der Waals surface area (Å²) in [7, 11) is 0. The first-order chi connectivity index (χ1) is 9.22. The van der Waals surface area contributed by atoms with E-state index in [4.69, 9.17) is 10.5 Å². The van der Waals surface area contributed by atoms with Crippen LogP contribution in [0.1, 0.15) is 25.7 Å². The van der Waals surface area contributed by atoms with Crippen molar-refractivity contribution in [3.8, 4) is 0 Å². The summed E-state index contributed by atoms with van der Waals surface area (Å²) in [5, 5.41) is 7.15. The Hall–Kier alpha value is -1.40. The second-order valence-electron chi connectivity index (χ2n) is 5.52. The fourth-order valence-electron chi connectivity index (χ4n) is 2.46. The van der Waals surface area contributed by atoms with Crippen molar-refractivity contribution in [2.75, 3.05) is 18.5 Å². The summed E-state index contributed by atoms with van der Waals surface area (Å²) in [6.07, 6.45) is 7.76. The van der Waals surface area contributed by atoms with Gasteiger partial charge in [0.2, 0.25) is 5.91 Å². The van der Waals surface area contributed by atoms with E-state index in [-0.39, 0.29) is 17.4 Å². The SMILES string of the molecule is NCC1(C(=O)Nc2cnn(CC3CCCO3)c2)CC1. The van der Waals surface area contributed by atoms with Gasteiger partial charge in [-0.2, -0.15) is 5.10 Å². The van der Waals surface area contributed by atoms with E-state index < -0.39 is 0 Å². The minimum atomic E-state index is -0.323. The van der Waals surface area contributed by atoms with Crippen molar-refractivity contribution < 1.29 is 9.53 Å². The van der Waals surface area contributed by atoms with Gasteiger partial charge in [0.1, 0.15) is 0 Å². The molecule has 2 fully saturated rings. The summed E-state index contributed by atoms with van der Waals surface area (Å²) in [5.41, 5.74) is 6.06. The van der Waals surface area contributed by atoms with Crippen molar-refractivity contribution in [1.29, 1.82) is 0 Å². The van der Waals surface area contributed by atoms with Gasteiger partial charge in [-0.15, -0.1) is 0 Å². The molecule has 3 rings (SSSR count). The number of rotatable bonds is 5. The maximum absolute atomic E-state index is 12.0. The molecule has 2 heterocycles. The largest absolute Gasteiger partial charge is 0.376 e. The average Bonchev–Trinajstić information content (AvgIpc) is 2.82. The first-order valence-electron chi connectivity index (χ1n) is 6.87. The van der Waals surface area contributed by atoms with Gasteiger partial charge in [-0.05, 0) is 25.7 Å². The Bertz CT molecular complexity index is 461. The Kier molecular flexibility index (Phi) is 3.28. The minimum absolute atomic E-state index is 0.0201. The van der Waals surface area contributed by atoms with Crippen LogP contribution < -0.4 is 11.1 Å². The number of ether oxygens (including phenoxy) is 1. The van der Waals surface area contributed by atoms with Gasteiger partial charge in [0, 0.05) is 19.3 Å². The highest BCUT2D eigenvalue weighted by molar-refractivity contribution is 5.97. The van der Waals surface area contributed by atoms with Crippen molar-refractivity contribution in [1.82, 2.24) is 9.78 Å². The molecule has 1 amide bonds. The molecule has 1 saturated carbocycles. The van der Waals surface area contributed by atoms with Gasteiger partial charge in [0.25, 0.3) is 0 Å². The fourth-order valence-corrected chi connectivity index (χ4v) is 2.46. The third-order valence-electron chi connectivity index (χ3n) is 4.03.